The second kappa shape index (κ2) is 5.01. The Kier molecular flexibility index (Phi) is 3.96. The fraction of sp³-hybridized carbons (Fsp3) is 0.364. The predicted molar refractivity (Wildman–Crippen MR) is 57.1 cm³/mol. The minimum Gasteiger partial charge on any atom is -0.493 e. The van der Waals surface area contributed by atoms with Crippen molar-refractivity contribution in [3.63, 3.8) is 0 Å². The van der Waals surface area contributed by atoms with Gasteiger partial charge in [-0.15, -0.1) is 0 Å². The Hall–Kier alpha value is -1.02. The van der Waals surface area contributed by atoms with Crippen molar-refractivity contribution in [2.75, 3.05) is 6.61 Å². The van der Waals surface area contributed by atoms with E-state index in [1.807, 2.05) is 13.8 Å². The maximum Gasteiger partial charge on any atom is 0.252 e. The van der Waals surface area contributed by atoms with Gasteiger partial charge >= 0.3 is 0 Å². The molecule has 0 saturated heterocycles. The van der Waals surface area contributed by atoms with Crippen LogP contribution in [0.2, 0.25) is 0 Å². The quantitative estimate of drug-likeness (QED) is 0.717. The van der Waals surface area contributed by atoms with Gasteiger partial charge in [0.15, 0.2) is 0 Å². The summed E-state index contributed by atoms with van der Waals surface area (Å²) in [5.41, 5.74) is 1.44. The van der Waals surface area contributed by atoms with Crippen LogP contribution in [0, 0.1) is 6.92 Å². The van der Waals surface area contributed by atoms with E-state index in [0.29, 0.717) is 12.2 Å². The van der Waals surface area contributed by atoms with Crippen LogP contribution in [-0.2, 0) is 0 Å². The van der Waals surface area contributed by atoms with Gasteiger partial charge in [0.25, 0.3) is 5.24 Å². The molecule has 76 valence electrons. The van der Waals surface area contributed by atoms with Crippen molar-refractivity contribution in [2.24, 2.45) is 0 Å². The second-order valence-corrected chi connectivity index (χ2v) is 3.45. The lowest BCUT2D eigenvalue weighted by atomic mass is 10.1. The number of benzene rings is 1. The summed E-state index contributed by atoms with van der Waals surface area (Å²) in [6, 6.07) is 5.19. The zero-order valence-electron chi connectivity index (χ0n) is 8.34. The van der Waals surface area contributed by atoms with Crippen molar-refractivity contribution < 1.29 is 9.53 Å². The summed E-state index contributed by atoms with van der Waals surface area (Å²) in [6.45, 7) is 4.63. The number of carbonyl (C=O) groups excluding carboxylic acids is 1. The summed E-state index contributed by atoms with van der Waals surface area (Å²) < 4.78 is 5.47. The molecular weight excluding hydrogens is 200 g/mol. The van der Waals surface area contributed by atoms with Gasteiger partial charge in [0.05, 0.1) is 6.61 Å². The molecule has 0 fully saturated rings. The average Bonchev–Trinajstić information content (AvgIpc) is 2.15. The minimum absolute atomic E-state index is 0.435. The fourth-order valence-electron chi connectivity index (χ4n) is 1.15. The minimum atomic E-state index is -0.435. The Labute approximate surface area is 88.8 Å². The summed E-state index contributed by atoms with van der Waals surface area (Å²) in [6.07, 6.45) is 0.968. The molecule has 0 unspecified atom stereocenters. The number of rotatable bonds is 4. The van der Waals surface area contributed by atoms with E-state index in [9.17, 15) is 4.79 Å². The molecule has 0 aliphatic heterocycles. The van der Waals surface area contributed by atoms with Gasteiger partial charge in [-0.25, -0.2) is 0 Å². The van der Waals surface area contributed by atoms with E-state index in [-0.39, 0.29) is 0 Å². The van der Waals surface area contributed by atoms with E-state index in [1.165, 1.54) is 0 Å². The SMILES string of the molecule is CCCOc1ccc(C(=O)Cl)cc1C. The molecule has 0 N–H and O–H groups in total. The van der Waals surface area contributed by atoms with Gasteiger partial charge < -0.3 is 4.74 Å². The molecule has 1 aromatic rings. The monoisotopic (exact) mass is 212 g/mol. The molecule has 0 spiro atoms. The highest BCUT2D eigenvalue weighted by atomic mass is 35.5. The smallest absolute Gasteiger partial charge is 0.252 e. The number of ether oxygens (including phenoxy) is 1. The van der Waals surface area contributed by atoms with Crippen LogP contribution < -0.4 is 4.74 Å². The Morgan fingerprint density at radius 2 is 2.21 bits per heavy atom. The first-order valence-corrected chi connectivity index (χ1v) is 4.96. The standard InChI is InChI=1S/C11H13ClO2/c1-3-6-14-10-5-4-9(11(12)13)7-8(10)2/h4-5,7H,3,6H2,1-2H3. The predicted octanol–water partition coefficient (Wildman–Crippen LogP) is 3.16. The molecule has 0 aromatic heterocycles. The number of hydrogen-bond donors (Lipinski definition) is 0. The van der Waals surface area contributed by atoms with Crippen LogP contribution in [0.4, 0.5) is 0 Å². The maximum absolute atomic E-state index is 10.8. The first kappa shape index (κ1) is 11.1. The highest BCUT2D eigenvalue weighted by Crippen LogP contribution is 2.20. The molecule has 2 nitrogen and oxygen atoms in total. The third kappa shape index (κ3) is 2.74. The molecule has 14 heavy (non-hydrogen) atoms. The Balaban J connectivity index is 2.84. The Morgan fingerprint density at radius 3 is 2.71 bits per heavy atom. The van der Waals surface area contributed by atoms with Gasteiger partial charge in [-0.1, -0.05) is 6.92 Å². The normalized spacial score (nSPS) is 9.93. The van der Waals surface area contributed by atoms with E-state index in [0.717, 1.165) is 17.7 Å². The van der Waals surface area contributed by atoms with E-state index in [1.54, 1.807) is 18.2 Å². The third-order valence-corrected chi connectivity index (χ3v) is 2.08. The second-order valence-electron chi connectivity index (χ2n) is 3.10. The summed E-state index contributed by atoms with van der Waals surface area (Å²) in [4.78, 5) is 10.8. The van der Waals surface area contributed by atoms with Crippen molar-refractivity contribution >= 4 is 16.8 Å². The molecule has 0 aliphatic carbocycles. The summed E-state index contributed by atoms with van der Waals surface area (Å²) in [5, 5.41) is -0.435. The van der Waals surface area contributed by atoms with Crippen LogP contribution in [0.3, 0.4) is 0 Å². The molecule has 0 atom stereocenters. The van der Waals surface area contributed by atoms with Crippen LogP contribution >= 0.6 is 11.6 Å². The third-order valence-electron chi connectivity index (χ3n) is 1.86. The molecule has 3 heteroatoms. The molecule has 0 saturated carbocycles. The van der Waals surface area contributed by atoms with Gasteiger partial charge in [-0.3, -0.25) is 4.79 Å². The van der Waals surface area contributed by atoms with Gasteiger partial charge in [-0.2, -0.15) is 0 Å². The molecule has 1 aromatic carbocycles. The lowest BCUT2D eigenvalue weighted by Crippen LogP contribution is -1.98. The first-order valence-electron chi connectivity index (χ1n) is 4.58. The van der Waals surface area contributed by atoms with E-state index in [4.69, 9.17) is 16.3 Å². The van der Waals surface area contributed by atoms with Crippen LogP contribution in [0.5, 0.6) is 5.75 Å². The van der Waals surface area contributed by atoms with Gasteiger partial charge in [-0.05, 0) is 48.7 Å². The highest BCUT2D eigenvalue weighted by molar-refractivity contribution is 6.67. The number of halogens is 1. The van der Waals surface area contributed by atoms with E-state index >= 15 is 0 Å². The molecule has 0 amide bonds. The number of carbonyl (C=O) groups is 1. The van der Waals surface area contributed by atoms with Crippen LogP contribution in [-0.4, -0.2) is 11.8 Å². The van der Waals surface area contributed by atoms with Crippen molar-refractivity contribution in [1.82, 2.24) is 0 Å². The summed E-state index contributed by atoms with van der Waals surface area (Å²) >= 11 is 5.35. The number of aryl methyl sites for hydroxylation is 1. The van der Waals surface area contributed by atoms with Crippen LogP contribution in [0.1, 0.15) is 29.3 Å². The largest absolute Gasteiger partial charge is 0.493 e. The zero-order chi connectivity index (χ0) is 10.6. The average molecular weight is 213 g/mol. The van der Waals surface area contributed by atoms with E-state index < -0.39 is 5.24 Å². The first-order chi connectivity index (χ1) is 6.65. The topological polar surface area (TPSA) is 26.3 Å². The highest BCUT2D eigenvalue weighted by Gasteiger charge is 2.05. The van der Waals surface area contributed by atoms with Gasteiger partial charge in [0, 0.05) is 5.56 Å². The summed E-state index contributed by atoms with van der Waals surface area (Å²) in [7, 11) is 0. The molecule has 0 heterocycles. The fourth-order valence-corrected chi connectivity index (χ4v) is 1.26. The Morgan fingerprint density at radius 1 is 1.50 bits per heavy atom. The lowest BCUT2D eigenvalue weighted by molar-refractivity contribution is 0.108. The van der Waals surface area contributed by atoms with Gasteiger partial charge in [0.2, 0.25) is 0 Å². The molecule has 1 rings (SSSR count). The summed E-state index contributed by atoms with van der Waals surface area (Å²) in [5.74, 6) is 0.813. The van der Waals surface area contributed by atoms with Crippen molar-refractivity contribution in [3.8, 4) is 5.75 Å². The molecule has 0 radical (unpaired) electrons. The van der Waals surface area contributed by atoms with Crippen LogP contribution in [0.15, 0.2) is 18.2 Å². The maximum atomic E-state index is 10.8. The van der Waals surface area contributed by atoms with Crippen molar-refractivity contribution in [1.29, 1.82) is 0 Å². The molecular formula is C11H13ClO2. The Bertz CT molecular complexity index is 334. The van der Waals surface area contributed by atoms with Crippen molar-refractivity contribution in [3.05, 3.63) is 29.3 Å². The number of hydrogen-bond acceptors (Lipinski definition) is 2. The lowest BCUT2D eigenvalue weighted by Gasteiger charge is -2.08. The van der Waals surface area contributed by atoms with Gasteiger partial charge in [0.1, 0.15) is 5.75 Å². The van der Waals surface area contributed by atoms with E-state index in [2.05, 4.69) is 0 Å². The van der Waals surface area contributed by atoms with Crippen LogP contribution in [0.25, 0.3) is 0 Å². The molecule has 0 bridgehead atoms. The zero-order valence-corrected chi connectivity index (χ0v) is 9.10. The van der Waals surface area contributed by atoms with Crippen molar-refractivity contribution in [2.45, 2.75) is 20.3 Å². The molecule has 0 aliphatic rings.